The molecule has 1 aliphatic carbocycles. The first-order chi connectivity index (χ1) is 9.74. The third-order valence-corrected chi connectivity index (χ3v) is 4.25. The summed E-state index contributed by atoms with van der Waals surface area (Å²) in [7, 11) is 0. The average molecular weight is 273 g/mol. The monoisotopic (exact) mass is 273 g/mol. The third-order valence-electron chi connectivity index (χ3n) is 4.25. The average Bonchev–Trinajstić information content (AvgIpc) is 2.73. The van der Waals surface area contributed by atoms with Gasteiger partial charge in [-0.2, -0.15) is 0 Å². The molecule has 4 nitrogen and oxygen atoms in total. The van der Waals surface area contributed by atoms with E-state index in [1.165, 1.54) is 4.90 Å². The highest BCUT2D eigenvalue weighted by atomic mass is 16.5. The molecule has 0 spiro atoms. The number of anilines is 1. The Morgan fingerprint density at radius 2 is 1.70 bits per heavy atom. The molecule has 3 rings (SSSR count). The first-order valence-corrected chi connectivity index (χ1v) is 7.33. The molecule has 1 aromatic carbocycles. The second-order valence-electron chi connectivity index (χ2n) is 5.41. The van der Waals surface area contributed by atoms with Gasteiger partial charge in [-0.25, -0.2) is 4.90 Å². The second-order valence-corrected chi connectivity index (χ2v) is 5.41. The van der Waals surface area contributed by atoms with Gasteiger partial charge >= 0.3 is 0 Å². The maximum atomic E-state index is 12.6. The van der Waals surface area contributed by atoms with Crippen LogP contribution in [-0.2, 0) is 9.59 Å². The predicted octanol–water partition coefficient (Wildman–Crippen LogP) is 2.76. The van der Waals surface area contributed by atoms with Gasteiger partial charge in [0.1, 0.15) is 5.75 Å². The van der Waals surface area contributed by atoms with Crippen LogP contribution in [0, 0.1) is 11.8 Å². The summed E-state index contributed by atoms with van der Waals surface area (Å²) in [6.07, 6.45) is 3.76. The van der Waals surface area contributed by atoms with Gasteiger partial charge in [-0.3, -0.25) is 9.59 Å². The van der Waals surface area contributed by atoms with Gasteiger partial charge in [0.05, 0.1) is 24.1 Å². The highest BCUT2D eigenvalue weighted by Crippen LogP contribution is 2.42. The molecule has 1 heterocycles. The molecule has 0 aromatic heterocycles. The van der Waals surface area contributed by atoms with E-state index in [1.54, 1.807) is 12.1 Å². The second kappa shape index (κ2) is 5.27. The maximum absolute atomic E-state index is 12.6. The quantitative estimate of drug-likeness (QED) is 0.796. The molecule has 1 aliphatic heterocycles. The zero-order valence-corrected chi connectivity index (χ0v) is 11.7. The Morgan fingerprint density at radius 3 is 2.30 bits per heavy atom. The van der Waals surface area contributed by atoms with Crippen molar-refractivity contribution in [3.63, 3.8) is 0 Å². The summed E-state index contributed by atoms with van der Waals surface area (Å²) in [5, 5.41) is 0. The molecule has 0 radical (unpaired) electrons. The highest BCUT2D eigenvalue weighted by molar-refractivity contribution is 6.22. The SMILES string of the molecule is CCOc1ccccc1N1C(=O)[C@H]2CCCC[C@H]2C1=O. The summed E-state index contributed by atoms with van der Waals surface area (Å²) < 4.78 is 5.55. The number of para-hydroxylation sites is 2. The minimum atomic E-state index is -0.120. The lowest BCUT2D eigenvalue weighted by atomic mass is 9.81. The lowest BCUT2D eigenvalue weighted by molar-refractivity contribution is -0.122. The minimum absolute atomic E-state index is 0.0492. The number of imide groups is 1. The number of fused-ring (bicyclic) bond motifs is 1. The molecule has 2 aliphatic rings. The van der Waals surface area contributed by atoms with Crippen molar-refractivity contribution in [2.24, 2.45) is 11.8 Å². The maximum Gasteiger partial charge on any atom is 0.237 e. The van der Waals surface area contributed by atoms with Crippen LogP contribution in [0.25, 0.3) is 0 Å². The molecule has 2 fully saturated rings. The van der Waals surface area contributed by atoms with Gasteiger partial charge in [0.25, 0.3) is 0 Å². The first-order valence-electron chi connectivity index (χ1n) is 7.33. The Labute approximate surface area is 118 Å². The van der Waals surface area contributed by atoms with Crippen LogP contribution in [0.15, 0.2) is 24.3 Å². The van der Waals surface area contributed by atoms with Crippen LogP contribution >= 0.6 is 0 Å². The zero-order chi connectivity index (χ0) is 14.1. The Morgan fingerprint density at radius 1 is 1.10 bits per heavy atom. The van der Waals surface area contributed by atoms with Crippen LogP contribution in [0.2, 0.25) is 0 Å². The number of carbonyl (C=O) groups is 2. The topological polar surface area (TPSA) is 46.6 Å². The number of hydrogen-bond donors (Lipinski definition) is 0. The number of rotatable bonds is 3. The molecule has 2 amide bonds. The van der Waals surface area contributed by atoms with Crippen molar-refractivity contribution in [1.29, 1.82) is 0 Å². The van der Waals surface area contributed by atoms with E-state index >= 15 is 0 Å². The van der Waals surface area contributed by atoms with E-state index in [0.29, 0.717) is 18.0 Å². The van der Waals surface area contributed by atoms with Crippen molar-refractivity contribution in [2.45, 2.75) is 32.6 Å². The summed E-state index contributed by atoms with van der Waals surface area (Å²) in [5.41, 5.74) is 0.596. The number of hydrogen-bond acceptors (Lipinski definition) is 3. The predicted molar refractivity (Wildman–Crippen MR) is 75.6 cm³/mol. The van der Waals surface area contributed by atoms with Crippen LogP contribution in [0.5, 0.6) is 5.75 Å². The van der Waals surface area contributed by atoms with E-state index in [0.717, 1.165) is 25.7 Å². The summed E-state index contributed by atoms with van der Waals surface area (Å²) in [5.74, 6) is 0.269. The van der Waals surface area contributed by atoms with Gasteiger partial charge in [0.15, 0.2) is 0 Å². The van der Waals surface area contributed by atoms with E-state index in [9.17, 15) is 9.59 Å². The van der Waals surface area contributed by atoms with Crippen LogP contribution in [0.3, 0.4) is 0 Å². The van der Waals surface area contributed by atoms with Gasteiger partial charge in [-0.15, -0.1) is 0 Å². The van der Waals surface area contributed by atoms with Crippen LogP contribution in [0.1, 0.15) is 32.6 Å². The third kappa shape index (κ3) is 1.99. The van der Waals surface area contributed by atoms with Gasteiger partial charge < -0.3 is 4.74 Å². The molecule has 0 unspecified atom stereocenters. The van der Waals surface area contributed by atoms with E-state index in [1.807, 2.05) is 19.1 Å². The van der Waals surface area contributed by atoms with Gasteiger partial charge in [-0.1, -0.05) is 25.0 Å². The molecule has 0 bridgehead atoms. The number of ether oxygens (including phenoxy) is 1. The van der Waals surface area contributed by atoms with Crippen molar-refractivity contribution in [1.82, 2.24) is 0 Å². The van der Waals surface area contributed by atoms with Crippen LogP contribution in [0.4, 0.5) is 5.69 Å². The van der Waals surface area contributed by atoms with Gasteiger partial charge in [0, 0.05) is 0 Å². The number of benzene rings is 1. The Bertz CT molecular complexity index is 516. The smallest absolute Gasteiger partial charge is 0.237 e. The summed E-state index contributed by atoms with van der Waals surface area (Å²) in [6, 6.07) is 7.28. The highest BCUT2D eigenvalue weighted by Gasteiger charge is 2.49. The minimum Gasteiger partial charge on any atom is -0.492 e. The Hall–Kier alpha value is -1.84. The van der Waals surface area contributed by atoms with E-state index in [2.05, 4.69) is 0 Å². The molecule has 0 N–H and O–H groups in total. The fourth-order valence-electron chi connectivity index (χ4n) is 3.32. The number of carbonyl (C=O) groups excluding carboxylic acids is 2. The molecule has 1 saturated carbocycles. The molecule has 2 atom stereocenters. The molecule has 1 saturated heterocycles. The van der Waals surface area contributed by atoms with E-state index in [-0.39, 0.29) is 23.7 Å². The lowest BCUT2D eigenvalue weighted by Gasteiger charge is -2.19. The largest absolute Gasteiger partial charge is 0.492 e. The zero-order valence-electron chi connectivity index (χ0n) is 11.7. The lowest BCUT2D eigenvalue weighted by Crippen LogP contribution is -2.31. The van der Waals surface area contributed by atoms with Crippen molar-refractivity contribution >= 4 is 17.5 Å². The molecule has 20 heavy (non-hydrogen) atoms. The molecule has 1 aromatic rings. The van der Waals surface area contributed by atoms with Gasteiger partial charge in [-0.05, 0) is 31.9 Å². The fraction of sp³-hybridized carbons (Fsp3) is 0.500. The normalized spacial score (nSPS) is 25.8. The van der Waals surface area contributed by atoms with Gasteiger partial charge in [0.2, 0.25) is 11.8 Å². The fourth-order valence-corrected chi connectivity index (χ4v) is 3.32. The van der Waals surface area contributed by atoms with Crippen molar-refractivity contribution < 1.29 is 14.3 Å². The first kappa shape index (κ1) is 13.2. The molecule has 4 heteroatoms. The molecule has 106 valence electrons. The summed E-state index contributed by atoms with van der Waals surface area (Å²) >= 11 is 0. The standard InChI is InChI=1S/C16H19NO3/c1-2-20-14-10-6-5-9-13(14)17-15(18)11-7-3-4-8-12(11)16(17)19/h5-6,9-12H,2-4,7-8H2,1H3/t11-,12+. The Balaban J connectivity index is 1.97. The number of nitrogens with zero attached hydrogens (tertiary/aromatic N) is 1. The van der Waals surface area contributed by atoms with E-state index in [4.69, 9.17) is 4.74 Å². The van der Waals surface area contributed by atoms with Crippen LogP contribution < -0.4 is 9.64 Å². The Kier molecular flexibility index (Phi) is 3.47. The molecular weight excluding hydrogens is 254 g/mol. The van der Waals surface area contributed by atoms with E-state index < -0.39 is 0 Å². The van der Waals surface area contributed by atoms with Crippen molar-refractivity contribution in [3.8, 4) is 5.75 Å². The van der Waals surface area contributed by atoms with Crippen molar-refractivity contribution in [2.75, 3.05) is 11.5 Å². The number of amides is 2. The van der Waals surface area contributed by atoms with Crippen LogP contribution in [-0.4, -0.2) is 18.4 Å². The molecular formula is C16H19NO3. The summed E-state index contributed by atoms with van der Waals surface area (Å²) in [6.45, 7) is 2.41. The summed E-state index contributed by atoms with van der Waals surface area (Å²) in [4.78, 5) is 26.5. The van der Waals surface area contributed by atoms with Crippen molar-refractivity contribution in [3.05, 3.63) is 24.3 Å².